The van der Waals surface area contributed by atoms with E-state index in [0.29, 0.717) is 19.8 Å². The molecule has 0 saturated carbocycles. The van der Waals surface area contributed by atoms with Crippen LogP contribution >= 0.6 is 11.6 Å². The summed E-state index contributed by atoms with van der Waals surface area (Å²) in [5, 5.41) is 0.720. The summed E-state index contributed by atoms with van der Waals surface area (Å²) in [6.45, 7) is 10.7. The average Bonchev–Trinajstić information content (AvgIpc) is 2.38. The second-order valence-corrected chi connectivity index (χ2v) is 11.7. The Morgan fingerprint density at radius 1 is 1.20 bits per heavy atom. The van der Waals surface area contributed by atoms with Crippen LogP contribution in [0.5, 0.6) is 0 Å². The van der Waals surface area contributed by atoms with Crippen LogP contribution in [0.3, 0.4) is 0 Å². The van der Waals surface area contributed by atoms with Gasteiger partial charge >= 0.3 is 7.12 Å². The lowest BCUT2D eigenvalue weighted by molar-refractivity contribution is -0.00963. The zero-order chi connectivity index (χ0) is 14.8. The Bertz CT molecular complexity index is 439. The molecule has 110 valence electrons. The summed E-state index contributed by atoms with van der Waals surface area (Å²) in [5.41, 5.74) is 0.936. The van der Waals surface area contributed by atoms with E-state index in [0.717, 1.165) is 10.5 Å². The molecule has 1 heterocycles. The van der Waals surface area contributed by atoms with Crippen molar-refractivity contribution in [1.29, 1.82) is 0 Å². The molecule has 0 atom stereocenters. The van der Waals surface area contributed by atoms with Crippen LogP contribution in [0.1, 0.15) is 6.92 Å². The van der Waals surface area contributed by atoms with Crippen molar-refractivity contribution >= 4 is 32.5 Å². The molecule has 1 fully saturated rings. The highest BCUT2D eigenvalue weighted by molar-refractivity contribution is 6.69. The molecule has 6 heteroatoms. The number of halogens is 1. The van der Waals surface area contributed by atoms with Crippen LogP contribution in [0.15, 0.2) is 24.3 Å². The Balaban J connectivity index is 1.89. The van der Waals surface area contributed by atoms with Crippen molar-refractivity contribution in [3.05, 3.63) is 29.3 Å². The first kappa shape index (κ1) is 16.0. The molecule has 20 heavy (non-hydrogen) atoms. The van der Waals surface area contributed by atoms with Crippen molar-refractivity contribution in [3.63, 3.8) is 0 Å². The molecule has 0 N–H and O–H groups in total. The van der Waals surface area contributed by atoms with E-state index in [1.165, 1.54) is 0 Å². The van der Waals surface area contributed by atoms with E-state index in [4.69, 9.17) is 25.3 Å². The Labute approximate surface area is 127 Å². The molecule has 0 unspecified atom stereocenters. The number of rotatable bonds is 4. The predicted octanol–water partition coefficient (Wildman–Crippen LogP) is 2.94. The lowest BCUT2D eigenvalue weighted by Crippen LogP contribution is -2.51. The van der Waals surface area contributed by atoms with Gasteiger partial charge in [-0.15, -0.1) is 0 Å². The minimum atomic E-state index is -1.50. The van der Waals surface area contributed by atoms with E-state index in [1.54, 1.807) is 0 Å². The highest BCUT2D eigenvalue weighted by Gasteiger charge is 2.37. The van der Waals surface area contributed by atoms with Gasteiger partial charge in [0.1, 0.15) is 0 Å². The van der Waals surface area contributed by atoms with Gasteiger partial charge in [-0.05, 0) is 37.2 Å². The van der Waals surface area contributed by atoms with E-state index >= 15 is 0 Å². The first-order chi connectivity index (χ1) is 9.27. The van der Waals surface area contributed by atoms with Gasteiger partial charge in [-0.2, -0.15) is 0 Å². The Morgan fingerprint density at radius 3 is 2.25 bits per heavy atom. The van der Waals surface area contributed by atoms with E-state index in [1.807, 2.05) is 24.3 Å². The topological polar surface area (TPSA) is 27.7 Å². The maximum absolute atomic E-state index is 5.99. The zero-order valence-electron chi connectivity index (χ0n) is 12.6. The molecular formula is C14H22BClO3Si. The smallest absolute Gasteiger partial charge is 0.417 e. The third-order valence-corrected chi connectivity index (χ3v) is 4.42. The molecule has 0 aromatic heterocycles. The van der Waals surface area contributed by atoms with Crippen LogP contribution in [0, 0.1) is 5.41 Å². The fourth-order valence-electron chi connectivity index (χ4n) is 1.93. The van der Waals surface area contributed by atoms with Crippen molar-refractivity contribution in [3.8, 4) is 0 Å². The first-order valence-corrected chi connectivity index (χ1v) is 10.7. The van der Waals surface area contributed by atoms with Gasteiger partial charge in [-0.25, -0.2) is 0 Å². The largest absolute Gasteiger partial charge is 0.493 e. The molecule has 3 nitrogen and oxygen atoms in total. The molecule has 0 amide bonds. The summed E-state index contributed by atoms with van der Waals surface area (Å²) < 4.78 is 17.7. The monoisotopic (exact) mass is 312 g/mol. The van der Waals surface area contributed by atoms with Crippen LogP contribution in [-0.2, 0) is 13.7 Å². The SMILES string of the molecule is CC1(CO[Si](C)(C)C)COB(c2ccc(Cl)cc2)OC1. The van der Waals surface area contributed by atoms with Gasteiger partial charge in [0.2, 0.25) is 0 Å². The Hall–Kier alpha value is -0.328. The van der Waals surface area contributed by atoms with Crippen LogP contribution in [0.4, 0.5) is 0 Å². The van der Waals surface area contributed by atoms with Gasteiger partial charge in [0.05, 0.1) is 0 Å². The minimum Gasteiger partial charge on any atom is -0.417 e. The van der Waals surface area contributed by atoms with E-state index < -0.39 is 8.32 Å². The highest BCUT2D eigenvalue weighted by Crippen LogP contribution is 2.25. The summed E-state index contributed by atoms with van der Waals surface area (Å²) in [4.78, 5) is 0. The molecule has 1 saturated heterocycles. The number of benzene rings is 1. The summed E-state index contributed by atoms with van der Waals surface area (Å²) in [6, 6.07) is 7.58. The molecule has 0 aliphatic carbocycles. The quantitative estimate of drug-likeness (QED) is 0.800. The van der Waals surface area contributed by atoms with Crippen LogP contribution < -0.4 is 5.46 Å². The lowest BCUT2D eigenvalue weighted by atomic mass is 9.76. The second kappa shape index (κ2) is 6.20. The van der Waals surface area contributed by atoms with Crippen LogP contribution in [-0.4, -0.2) is 35.3 Å². The van der Waals surface area contributed by atoms with E-state index in [2.05, 4.69) is 26.6 Å². The lowest BCUT2D eigenvalue weighted by Gasteiger charge is -2.37. The van der Waals surface area contributed by atoms with E-state index in [9.17, 15) is 0 Å². The van der Waals surface area contributed by atoms with Gasteiger partial charge in [-0.1, -0.05) is 30.7 Å². The standard InChI is InChI=1S/C14H22BClO3Si/c1-14(11-19-20(2,3)4)9-17-15(18-10-14)12-5-7-13(16)8-6-12/h5-8H,9-11H2,1-4H3. The van der Waals surface area contributed by atoms with Crippen molar-refractivity contribution in [1.82, 2.24) is 0 Å². The molecule has 1 aliphatic rings. The van der Waals surface area contributed by atoms with E-state index in [-0.39, 0.29) is 12.5 Å². The minimum absolute atomic E-state index is 0.0663. The van der Waals surface area contributed by atoms with Gasteiger partial charge in [0.15, 0.2) is 8.32 Å². The molecule has 0 radical (unpaired) electrons. The average molecular weight is 313 g/mol. The van der Waals surface area contributed by atoms with Crippen molar-refractivity contribution in [2.45, 2.75) is 26.6 Å². The molecular weight excluding hydrogens is 291 g/mol. The molecule has 1 aromatic rings. The Kier molecular flexibility index (Phi) is 4.97. The predicted molar refractivity (Wildman–Crippen MR) is 86.1 cm³/mol. The van der Waals surface area contributed by atoms with Gasteiger partial charge < -0.3 is 13.7 Å². The molecule has 0 spiro atoms. The van der Waals surface area contributed by atoms with Gasteiger partial charge in [0, 0.05) is 30.3 Å². The maximum Gasteiger partial charge on any atom is 0.493 e. The Morgan fingerprint density at radius 2 is 1.75 bits per heavy atom. The first-order valence-electron chi connectivity index (χ1n) is 6.90. The third-order valence-electron chi connectivity index (χ3n) is 3.16. The molecule has 1 aromatic carbocycles. The number of hydrogen-bond acceptors (Lipinski definition) is 3. The summed E-state index contributed by atoms with van der Waals surface area (Å²) in [6.07, 6.45) is 0. The number of hydrogen-bond donors (Lipinski definition) is 0. The summed E-state index contributed by atoms with van der Waals surface area (Å²) >= 11 is 5.89. The highest BCUT2D eigenvalue weighted by atomic mass is 35.5. The summed E-state index contributed by atoms with van der Waals surface area (Å²) in [7, 11) is -1.80. The molecule has 2 rings (SSSR count). The van der Waals surface area contributed by atoms with Crippen LogP contribution in [0.2, 0.25) is 24.7 Å². The van der Waals surface area contributed by atoms with Crippen molar-refractivity contribution in [2.24, 2.45) is 5.41 Å². The normalized spacial score (nSPS) is 19.1. The van der Waals surface area contributed by atoms with Crippen LogP contribution in [0.25, 0.3) is 0 Å². The third kappa shape index (κ3) is 4.60. The van der Waals surface area contributed by atoms with Crippen molar-refractivity contribution in [2.75, 3.05) is 19.8 Å². The molecule has 0 bridgehead atoms. The summed E-state index contributed by atoms with van der Waals surface area (Å²) in [5.74, 6) is 0. The maximum atomic E-state index is 5.99. The van der Waals surface area contributed by atoms with Crippen molar-refractivity contribution < 1.29 is 13.7 Å². The van der Waals surface area contributed by atoms with Gasteiger partial charge in [-0.3, -0.25) is 0 Å². The van der Waals surface area contributed by atoms with Gasteiger partial charge in [0.25, 0.3) is 0 Å². The molecule has 1 aliphatic heterocycles. The fraction of sp³-hybridized carbons (Fsp3) is 0.571. The second-order valence-electron chi connectivity index (χ2n) is 6.72. The zero-order valence-corrected chi connectivity index (χ0v) is 14.4. The fourth-order valence-corrected chi connectivity index (χ4v) is 2.84.